The van der Waals surface area contributed by atoms with Gasteiger partial charge in [-0.05, 0) is 29.5 Å². The number of aryl methyl sites for hydroxylation is 1. The lowest BCUT2D eigenvalue weighted by atomic mass is 10.2. The largest absolute Gasteiger partial charge is 0.325 e. The van der Waals surface area contributed by atoms with Crippen molar-refractivity contribution >= 4 is 27.5 Å². The Morgan fingerprint density at radius 1 is 1.50 bits per heavy atom. The maximum atomic E-state index is 11.6. The molecule has 0 bridgehead atoms. The summed E-state index contributed by atoms with van der Waals surface area (Å²) in [6, 6.07) is 7.39. The molecule has 1 aromatic heterocycles. The Bertz CT molecular complexity index is 566. The number of hydrogen-bond acceptors (Lipinski definition) is 4. The van der Waals surface area contributed by atoms with Crippen LogP contribution >= 0.6 is 15.9 Å². The fourth-order valence-corrected chi connectivity index (χ4v) is 1.57. The van der Waals surface area contributed by atoms with E-state index < -0.39 is 0 Å². The number of halogens is 1. The van der Waals surface area contributed by atoms with Crippen LogP contribution in [0, 0.1) is 0 Å². The van der Waals surface area contributed by atoms with E-state index in [1.165, 1.54) is 0 Å². The number of aromatic nitrogens is 4. The first kappa shape index (κ1) is 12.7. The topological polar surface area (TPSA) is 72.7 Å². The minimum absolute atomic E-state index is 0.0942. The molecular formula is C11H12BrN5O. The summed E-state index contributed by atoms with van der Waals surface area (Å²) in [6.07, 6.45) is 0. The van der Waals surface area contributed by atoms with Gasteiger partial charge in [-0.15, -0.1) is 5.10 Å². The van der Waals surface area contributed by atoms with Crippen LogP contribution in [-0.4, -0.2) is 30.9 Å². The SMILES string of the molecule is CC(Br)C(=O)Nc1cccc(-c2nnnn2C)c1. The van der Waals surface area contributed by atoms with Crippen molar-refractivity contribution in [3.63, 3.8) is 0 Å². The Kier molecular flexibility index (Phi) is 3.71. The Morgan fingerprint density at radius 3 is 2.89 bits per heavy atom. The Morgan fingerprint density at radius 2 is 2.28 bits per heavy atom. The van der Waals surface area contributed by atoms with E-state index in [0.29, 0.717) is 11.5 Å². The van der Waals surface area contributed by atoms with E-state index in [9.17, 15) is 4.79 Å². The van der Waals surface area contributed by atoms with Crippen molar-refractivity contribution in [2.45, 2.75) is 11.8 Å². The first-order valence-corrected chi connectivity index (χ1v) is 6.27. The lowest BCUT2D eigenvalue weighted by Crippen LogP contribution is -2.19. The number of carbonyl (C=O) groups is 1. The van der Waals surface area contributed by atoms with Crippen molar-refractivity contribution in [2.24, 2.45) is 7.05 Å². The monoisotopic (exact) mass is 309 g/mol. The summed E-state index contributed by atoms with van der Waals surface area (Å²) in [5, 5.41) is 14.1. The fraction of sp³-hybridized carbons (Fsp3) is 0.273. The zero-order chi connectivity index (χ0) is 13.1. The molecule has 0 radical (unpaired) electrons. The van der Waals surface area contributed by atoms with Crippen LogP contribution in [0.2, 0.25) is 0 Å². The maximum Gasteiger partial charge on any atom is 0.237 e. The molecule has 1 heterocycles. The smallest absolute Gasteiger partial charge is 0.237 e. The van der Waals surface area contributed by atoms with Crippen LogP contribution in [0.1, 0.15) is 6.92 Å². The molecule has 2 aromatic rings. The number of alkyl halides is 1. The van der Waals surface area contributed by atoms with Gasteiger partial charge in [0.25, 0.3) is 0 Å². The molecule has 1 aromatic carbocycles. The van der Waals surface area contributed by atoms with E-state index in [2.05, 4.69) is 36.8 Å². The first-order valence-electron chi connectivity index (χ1n) is 5.35. The Balaban J connectivity index is 2.26. The average Bonchev–Trinajstić information content (AvgIpc) is 2.75. The van der Waals surface area contributed by atoms with Gasteiger partial charge in [-0.1, -0.05) is 28.1 Å². The molecule has 0 aliphatic carbocycles. The molecule has 1 unspecified atom stereocenters. The van der Waals surface area contributed by atoms with E-state index in [1.807, 2.05) is 24.3 Å². The quantitative estimate of drug-likeness (QED) is 0.874. The predicted octanol–water partition coefficient (Wildman–Crippen LogP) is 1.60. The van der Waals surface area contributed by atoms with Crippen molar-refractivity contribution in [1.29, 1.82) is 0 Å². The van der Waals surface area contributed by atoms with E-state index in [-0.39, 0.29) is 10.7 Å². The summed E-state index contributed by atoms with van der Waals surface area (Å²) in [6.45, 7) is 1.77. The molecule has 2 rings (SSSR count). The fourth-order valence-electron chi connectivity index (χ4n) is 1.45. The second kappa shape index (κ2) is 5.26. The van der Waals surface area contributed by atoms with E-state index in [4.69, 9.17) is 0 Å². The van der Waals surface area contributed by atoms with Crippen LogP contribution < -0.4 is 5.32 Å². The minimum atomic E-state index is -0.238. The zero-order valence-corrected chi connectivity index (χ0v) is 11.5. The molecule has 0 saturated heterocycles. The van der Waals surface area contributed by atoms with Crippen molar-refractivity contribution in [1.82, 2.24) is 20.2 Å². The van der Waals surface area contributed by atoms with Crippen molar-refractivity contribution in [3.05, 3.63) is 24.3 Å². The molecule has 0 saturated carbocycles. The molecule has 18 heavy (non-hydrogen) atoms. The lowest BCUT2D eigenvalue weighted by Gasteiger charge is -2.07. The zero-order valence-electron chi connectivity index (χ0n) is 9.96. The third-order valence-electron chi connectivity index (χ3n) is 2.37. The highest BCUT2D eigenvalue weighted by Gasteiger charge is 2.10. The minimum Gasteiger partial charge on any atom is -0.325 e. The van der Waals surface area contributed by atoms with Gasteiger partial charge in [0.05, 0.1) is 4.83 Å². The van der Waals surface area contributed by atoms with Gasteiger partial charge in [0, 0.05) is 18.3 Å². The van der Waals surface area contributed by atoms with Crippen LogP contribution in [0.5, 0.6) is 0 Å². The molecule has 7 heteroatoms. The van der Waals surface area contributed by atoms with Crippen LogP contribution in [0.15, 0.2) is 24.3 Å². The Hall–Kier alpha value is -1.76. The van der Waals surface area contributed by atoms with E-state index >= 15 is 0 Å². The third kappa shape index (κ3) is 2.73. The van der Waals surface area contributed by atoms with Crippen molar-refractivity contribution in [3.8, 4) is 11.4 Å². The molecule has 1 amide bonds. The van der Waals surface area contributed by atoms with Crippen LogP contribution in [0.3, 0.4) is 0 Å². The average molecular weight is 310 g/mol. The van der Waals surface area contributed by atoms with Crippen LogP contribution in [-0.2, 0) is 11.8 Å². The Labute approximate surface area is 113 Å². The summed E-state index contributed by atoms with van der Waals surface area (Å²) in [5.41, 5.74) is 1.56. The number of nitrogens with zero attached hydrogens (tertiary/aromatic N) is 4. The lowest BCUT2D eigenvalue weighted by molar-refractivity contribution is -0.115. The molecule has 1 N–H and O–H groups in total. The van der Waals surface area contributed by atoms with Gasteiger partial charge < -0.3 is 5.32 Å². The van der Waals surface area contributed by atoms with Gasteiger partial charge in [-0.2, -0.15) is 0 Å². The van der Waals surface area contributed by atoms with Gasteiger partial charge in [-0.3, -0.25) is 4.79 Å². The predicted molar refractivity (Wildman–Crippen MR) is 71.3 cm³/mol. The number of anilines is 1. The maximum absolute atomic E-state index is 11.6. The van der Waals surface area contributed by atoms with Gasteiger partial charge in [0.15, 0.2) is 5.82 Å². The second-order valence-corrected chi connectivity index (χ2v) is 5.19. The van der Waals surface area contributed by atoms with Gasteiger partial charge in [0.1, 0.15) is 0 Å². The molecule has 94 valence electrons. The first-order chi connectivity index (χ1) is 8.58. The van der Waals surface area contributed by atoms with Gasteiger partial charge >= 0.3 is 0 Å². The molecule has 1 atom stereocenters. The summed E-state index contributed by atoms with van der Waals surface area (Å²) >= 11 is 3.22. The van der Waals surface area contributed by atoms with Crippen molar-refractivity contribution < 1.29 is 4.79 Å². The summed E-state index contributed by atoms with van der Waals surface area (Å²) in [4.78, 5) is 11.3. The molecule has 0 aliphatic rings. The number of tetrazole rings is 1. The molecule has 0 fully saturated rings. The number of rotatable bonds is 3. The van der Waals surface area contributed by atoms with Gasteiger partial charge in [0.2, 0.25) is 5.91 Å². The summed E-state index contributed by atoms with van der Waals surface area (Å²) < 4.78 is 1.58. The van der Waals surface area contributed by atoms with Crippen LogP contribution in [0.25, 0.3) is 11.4 Å². The molecular weight excluding hydrogens is 298 g/mol. The van der Waals surface area contributed by atoms with Crippen molar-refractivity contribution in [2.75, 3.05) is 5.32 Å². The third-order valence-corrected chi connectivity index (χ3v) is 2.79. The van der Waals surface area contributed by atoms with Gasteiger partial charge in [-0.25, -0.2) is 4.68 Å². The summed E-state index contributed by atoms with van der Waals surface area (Å²) in [5.74, 6) is 0.557. The number of amides is 1. The van der Waals surface area contributed by atoms with Crippen LogP contribution in [0.4, 0.5) is 5.69 Å². The van der Waals surface area contributed by atoms with E-state index in [0.717, 1.165) is 5.56 Å². The molecule has 0 spiro atoms. The van der Waals surface area contributed by atoms with E-state index in [1.54, 1.807) is 18.7 Å². The second-order valence-electron chi connectivity index (χ2n) is 3.81. The highest BCUT2D eigenvalue weighted by molar-refractivity contribution is 9.10. The summed E-state index contributed by atoms with van der Waals surface area (Å²) in [7, 11) is 1.77. The molecule has 6 nitrogen and oxygen atoms in total. The highest BCUT2D eigenvalue weighted by Crippen LogP contribution is 2.19. The highest BCUT2D eigenvalue weighted by atomic mass is 79.9. The number of hydrogen-bond donors (Lipinski definition) is 1. The number of benzene rings is 1. The standard InChI is InChI=1S/C11H12BrN5O/c1-7(12)11(18)13-9-5-3-4-8(6-9)10-14-15-16-17(10)2/h3-7H,1-2H3,(H,13,18). The number of nitrogens with one attached hydrogen (secondary N) is 1. The normalized spacial score (nSPS) is 12.2. The molecule has 0 aliphatic heterocycles. The number of carbonyl (C=O) groups excluding carboxylic acids is 1.